The van der Waals surface area contributed by atoms with Crippen LogP contribution in [-0.2, 0) is 0 Å². The summed E-state index contributed by atoms with van der Waals surface area (Å²) in [5, 5.41) is 13.2. The Bertz CT molecular complexity index is 515. The average Bonchev–Trinajstić information content (AvgIpc) is 2.45. The second-order valence-electron chi connectivity index (χ2n) is 4.61. The summed E-state index contributed by atoms with van der Waals surface area (Å²) in [4.78, 5) is 0. The fourth-order valence-electron chi connectivity index (χ4n) is 1.98. The zero-order chi connectivity index (χ0) is 13.7. The molecule has 2 aromatic carbocycles. The standard InChI is InChI=1S/C16H18FNO/c1-12(14-8-5-9-15(17)10-14)18-11-16(19)13-6-3-2-4-7-13/h2-10,12,16,18-19H,11H2,1H3/t12-,16?/m1/s1. The predicted octanol–water partition coefficient (Wildman–Crippen LogP) is 3.21. The maximum atomic E-state index is 13.1. The monoisotopic (exact) mass is 259 g/mol. The third kappa shape index (κ3) is 3.88. The second-order valence-corrected chi connectivity index (χ2v) is 4.61. The van der Waals surface area contributed by atoms with Gasteiger partial charge in [-0.25, -0.2) is 4.39 Å². The molecule has 100 valence electrons. The molecule has 2 aromatic rings. The molecule has 0 saturated heterocycles. The Morgan fingerprint density at radius 2 is 1.74 bits per heavy atom. The average molecular weight is 259 g/mol. The summed E-state index contributed by atoms with van der Waals surface area (Å²) in [6, 6.07) is 16.0. The lowest BCUT2D eigenvalue weighted by molar-refractivity contribution is 0.171. The lowest BCUT2D eigenvalue weighted by Gasteiger charge is -2.17. The van der Waals surface area contributed by atoms with Crippen molar-refractivity contribution < 1.29 is 9.50 Å². The van der Waals surface area contributed by atoms with Gasteiger partial charge in [-0.1, -0.05) is 42.5 Å². The number of aliphatic hydroxyl groups is 1. The van der Waals surface area contributed by atoms with Crippen LogP contribution in [-0.4, -0.2) is 11.7 Å². The van der Waals surface area contributed by atoms with E-state index in [1.165, 1.54) is 12.1 Å². The van der Waals surface area contributed by atoms with E-state index in [4.69, 9.17) is 0 Å². The summed E-state index contributed by atoms with van der Waals surface area (Å²) in [5.41, 5.74) is 1.75. The highest BCUT2D eigenvalue weighted by Crippen LogP contribution is 2.16. The quantitative estimate of drug-likeness (QED) is 0.864. The van der Waals surface area contributed by atoms with Crippen molar-refractivity contribution in [1.82, 2.24) is 5.32 Å². The van der Waals surface area contributed by atoms with E-state index in [9.17, 15) is 9.50 Å². The molecule has 3 heteroatoms. The first-order chi connectivity index (χ1) is 9.16. The van der Waals surface area contributed by atoms with Crippen molar-refractivity contribution in [3.63, 3.8) is 0 Å². The van der Waals surface area contributed by atoms with Gasteiger partial charge in [0.1, 0.15) is 5.82 Å². The van der Waals surface area contributed by atoms with Gasteiger partial charge in [0, 0.05) is 12.6 Å². The zero-order valence-electron chi connectivity index (χ0n) is 10.9. The van der Waals surface area contributed by atoms with Gasteiger partial charge in [-0.2, -0.15) is 0 Å². The Balaban J connectivity index is 1.92. The minimum absolute atomic E-state index is 0.00550. The maximum Gasteiger partial charge on any atom is 0.123 e. The number of aliphatic hydroxyl groups excluding tert-OH is 1. The highest BCUT2D eigenvalue weighted by molar-refractivity contribution is 5.20. The molecule has 0 fully saturated rings. The van der Waals surface area contributed by atoms with Gasteiger partial charge < -0.3 is 10.4 Å². The predicted molar refractivity (Wildman–Crippen MR) is 74.2 cm³/mol. The van der Waals surface area contributed by atoms with E-state index in [0.717, 1.165) is 11.1 Å². The smallest absolute Gasteiger partial charge is 0.123 e. The van der Waals surface area contributed by atoms with Crippen LogP contribution in [0.1, 0.15) is 30.2 Å². The van der Waals surface area contributed by atoms with Gasteiger partial charge >= 0.3 is 0 Å². The first-order valence-corrected chi connectivity index (χ1v) is 6.38. The Hall–Kier alpha value is -1.71. The minimum atomic E-state index is -0.558. The van der Waals surface area contributed by atoms with Gasteiger partial charge in [0.15, 0.2) is 0 Å². The second kappa shape index (κ2) is 6.45. The molecule has 0 saturated carbocycles. The van der Waals surface area contributed by atoms with Crippen LogP contribution in [0.25, 0.3) is 0 Å². The van der Waals surface area contributed by atoms with E-state index in [2.05, 4.69) is 5.32 Å². The molecular formula is C16H18FNO. The lowest BCUT2D eigenvalue weighted by atomic mass is 10.1. The number of nitrogens with one attached hydrogen (secondary N) is 1. The molecule has 2 atom stereocenters. The molecule has 0 amide bonds. The van der Waals surface area contributed by atoms with Crippen LogP contribution < -0.4 is 5.32 Å². The first kappa shape index (κ1) is 13.7. The SMILES string of the molecule is C[C@@H](NCC(O)c1ccccc1)c1cccc(F)c1. The highest BCUT2D eigenvalue weighted by atomic mass is 19.1. The molecule has 0 spiro atoms. The lowest BCUT2D eigenvalue weighted by Crippen LogP contribution is -2.24. The van der Waals surface area contributed by atoms with Gasteiger partial charge in [-0.3, -0.25) is 0 Å². The molecule has 0 bridgehead atoms. The molecule has 0 radical (unpaired) electrons. The number of rotatable bonds is 5. The van der Waals surface area contributed by atoms with Crippen molar-refractivity contribution >= 4 is 0 Å². The van der Waals surface area contributed by atoms with E-state index in [0.29, 0.717) is 6.54 Å². The molecule has 2 rings (SSSR count). The minimum Gasteiger partial charge on any atom is -0.387 e. The van der Waals surface area contributed by atoms with Crippen LogP contribution in [0, 0.1) is 5.82 Å². The Kier molecular flexibility index (Phi) is 4.66. The summed E-state index contributed by atoms with van der Waals surface area (Å²) in [6.07, 6.45) is -0.558. The van der Waals surface area contributed by atoms with Crippen molar-refractivity contribution in [1.29, 1.82) is 0 Å². The number of hydrogen-bond acceptors (Lipinski definition) is 2. The Morgan fingerprint density at radius 3 is 2.42 bits per heavy atom. The summed E-state index contributed by atoms with van der Waals surface area (Å²) >= 11 is 0. The fraction of sp³-hybridized carbons (Fsp3) is 0.250. The molecule has 2 nitrogen and oxygen atoms in total. The molecule has 0 heterocycles. The van der Waals surface area contributed by atoms with Crippen molar-refractivity contribution in [2.45, 2.75) is 19.1 Å². The Labute approximate surface area is 112 Å². The van der Waals surface area contributed by atoms with Crippen molar-refractivity contribution in [3.05, 3.63) is 71.5 Å². The topological polar surface area (TPSA) is 32.3 Å². The van der Waals surface area contributed by atoms with Crippen LogP contribution in [0.2, 0.25) is 0 Å². The van der Waals surface area contributed by atoms with E-state index in [1.54, 1.807) is 6.07 Å². The molecule has 0 aliphatic heterocycles. The molecule has 0 aliphatic carbocycles. The largest absolute Gasteiger partial charge is 0.387 e. The van der Waals surface area contributed by atoms with Crippen LogP contribution in [0.3, 0.4) is 0 Å². The normalized spacial score (nSPS) is 14.1. The van der Waals surface area contributed by atoms with Gasteiger partial charge in [0.2, 0.25) is 0 Å². The van der Waals surface area contributed by atoms with Crippen molar-refractivity contribution in [2.75, 3.05) is 6.54 Å². The number of hydrogen-bond donors (Lipinski definition) is 2. The highest BCUT2D eigenvalue weighted by Gasteiger charge is 2.10. The van der Waals surface area contributed by atoms with Crippen LogP contribution in [0.5, 0.6) is 0 Å². The third-order valence-corrected chi connectivity index (χ3v) is 3.15. The van der Waals surface area contributed by atoms with Gasteiger partial charge in [-0.05, 0) is 30.2 Å². The van der Waals surface area contributed by atoms with Gasteiger partial charge in [0.05, 0.1) is 6.10 Å². The Morgan fingerprint density at radius 1 is 1.05 bits per heavy atom. The van der Waals surface area contributed by atoms with Gasteiger partial charge in [0.25, 0.3) is 0 Å². The summed E-state index contributed by atoms with van der Waals surface area (Å²) < 4.78 is 13.1. The van der Waals surface area contributed by atoms with E-state index < -0.39 is 6.10 Å². The van der Waals surface area contributed by atoms with Crippen molar-refractivity contribution in [3.8, 4) is 0 Å². The summed E-state index contributed by atoms with van der Waals surface area (Å²) in [6.45, 7) is 2.38. The van der Waals surface area contributed by atoms with E-state index >= 15 is 0 Å². The summed E-state index contributed by atoms with van der Waals surface area (Å²) in [7, 11) is 0. The van der Waals surface area contributed by atoms with E-state index in [-0.39, 0.29) is 11.9 Å². The molecule has 0 aromatic heterocycles. The van der Waals surface area contributed by atoms with Crippen molar-refractivity contribution in [2.24, 2.45) is 0 Å². The van der Waals surface area contributed by atoms with Crippen LogP contribution in [0.15, 0.2) is 54.6 Å². The van der Waals surface area contributed by atoms with Crippen LogP contribution in [0.4, 0.5) is 4.39 Å². The third-order valence-electron chi connectivity index (χ3n) is 3.15. The molecule has 1 unspecified atom stereocenters. The van der Waals surface area contributed by atoms with Crippen LogP contribution >= 0.6 is 0 Å². The van der Waals surface area contributed by atoms with E-state index in [1.807, 2.05) is 43.3 Å². The first-order valence-electron chi connectivity index (χ1n) is 6.38. The number of benzene rings is 2. The molecular weight excluding hydrogens is 241 g/mol. The summed E-state index contributed by atoms with van der Waals surface area (Å²) in [5.74, 6) is -0.241. The van der Waals surface area contributed by atoms with Gasteiger partial charge in [-0.15, -0.1) is 0 Å². The molecule has 0 aliphatic rings. The molecule has 19 heavy (non-hydrogen) atoms. The maximum absolute atomic E-state index is 13.1. The number of halogens is 1. The molecule has 2 N–H and O–H groups in total. The zero-order valence-corrected chi connectivity index (χ0v) is 10.9. The fourth-order valence-corrected chi connectivity index (χ4v) is 1.98.